The SMILES string of the molecule is CC1(C)CC1CNCCn1cc(CN)nn1. The van der Waals surface area contributed by atoms with E-state index in [4.69, 9.17) is 5.73 Å². The average molecular weight is 223 g/mol. The Morgan fingerprint density at radius 3 is 2.94 bits per heavy atom. The molecule has 0 saturated heterocycles. The largest absolute Gasteiger partial charge is 0.325 e. The van der Waals surface area contributed by atoms with Gasteiger partial charge in [0.15, 0.2) is 0 Å². The van der Waals surface area contributed by atoms with E-state index in [-0.39, 0.29) is 0 Å². The quantitative estimate of drug-likeness (QED) is 0.684. The van der Waals surface area contributed by atoms with Crippen LogP contribution in [-0.4, -0.2) is 28.1 Å². The lowest BCUT2D eigenvalue weighted by Gasteiger charge is -2.05. The van der Waals surface area contributed by atoms with Gasteiger partial charge < -0.3 is 11.1 Å². The van der Waals surface area contributed by atoms with Gasteiger partial charge in [-0.1, -0.05) is 19.1 Å². The number of aromatic nitrogens is 3. The van der Waals surface area contributed by atoms with E-state index in [1.54, 1.807) is 0 Å². The van der Waals surface area contributed by atoms with E-state index in [1.165, 1.54) is 6.42 Å². The Labute approximate surface area is 96.4 Å². The Morgan fingerprint density at radius 1 is 1.62 bits per heavy atom. The summed E-state index contributed by atoms with van der Waals surface area (Å²) in [7, 11) is 0. The molecule has 1 fully saturated rings. The molecule has 2 rings (SSSR count). The summed E-state index contributed by atoms with van der Waals surface area (Å²) in [5, 5.41) is 11.4. The zero-order valence-electron chi connectivity index (χ0n) is 10.1. The molecule has 1 aromatic rings. The first-order valence-electron chi connectivity index (χ1n) is 5.91. The summed E-state index contributed by atoms with van der Waals surface area (Å²) >= 11 is 0. The van der Waals surface area contributed by atoms with Gasteiger partial charge in [0.1, 0.15) is 0 Å². The second-order valence-electron chi connectivity index (χ2n) is 5.27. The summed E-state index contributed by atoms with van der Waals surface area (Å²) in [6, 6.07) is 0. The van der Waals surface area contributed by atoms with Crippen LogP contribution in [0.4, 0.5) is 0 Å². The molecule has 0 aromatic carbocycles. The number of hydrogen-bond donors (Lipinski definition) is 2. The van der Waals surface area contributed by atoms with Gasteiger partial charge in [-0.25, -0.2) is 0 Å². The van der Waals surface area contributed by atoms with Crippen molar-refractivity contribution in [3.63, 3.8) is 0 Å². The first-order chi connectivity index (χ1) is 7.62. The van der Waals surface area contributed by atoms with Crippen molar-refractivity contribution < 1.29 is 0 Å². The Bertz CT molecular complexity index is 344. The Balaban J connectivity index is 1.61. The summed E-state index contributed by atoms with van der Waals surface area (Å²) < 4.78 is 1.84. The summed E-state index contributed by atoms with van der Waals surface area (Å²) in [5.41, 5.74) is 6.88. The van der Waals surface area contributed by atoms with Crippen LogP contribution in [0.3, 0.4) is 0 Å². The molecule has 5 nitrogen and oxygen atoms in total. The molecule has 0 bridgehead atoms. The maximum absolute atomic E-state index is 5.46. The van der Waals surface area contributed by atoms with Crippen molar-refractivity contribution in [3.05, 3.63) is 11.9 Å². The fourth-order valence-corrected chi connectivity index (χ4v) is 1.94. The maximum atomic E-state index is 5.46. The Kier molecular flexibility index (Phi) is 3.25. The van der Waals surface area contributed by atoms with E-state index in [9.17, 15) is 0 Å². The lowest BCUT2D eigenvalue weighted by atomic mass is 10.1. The molecule has 3 N–H and O–H groups in total. The van der Waals surface area contributed by atoms with Crippen LogP contribution in [-0.2, 0) is 13.1 Å². The predicted octanol–water partition coefficient (Wildman–Crippen LogP) is 0.372. The second kappa shape index (κ2) is 4.51. The third-order valence-electron chi connectivity index (χ3n) is 3.42. The van der Waals surface area contributed by atoms with Crippen LogP contribution in [0.1, 0.15) is 26.0 Å². The minimum atomic E-state index is 0.462. The molecule has 5 heteroatoms. The van der Waals surface area contributed by atoms with Gasteiger partial charge in [0, 0.05) is 19.3 Å². The summed E-state index contributed by atoms with van der Waals surface area (Å²) in [4.78, 5) is 0. The van der Waals surface area contributed by atoms with Crippen LogP contribution in [0.15, 0.2) is 6.20 Å². The van der Waals surface area contributed by atoms with E-state index >= 15 is 0 Å². The lowest BCUT2D eigenvalue weighted by Crippen LogP contribution is -2.23. The van der Waals surface area contributed by atoms with Gasteiger partial charge in [0.25, 0.3) is 0 Å². The molecule has 1 atom stereocenters. The predicted molar refractivity (Wildman–Crippen MR) is 62.7 cm³/mol. The van der Waals surface area contributed by atoms with Crippen LogP contribution >= 0.6 is 0 Å². The molecule has 1 heterocycles. The van der Waals surface area contributed by atoms with Gasteiger partial charge in [0.05, 0.1) is 12.2 Å². The average Bonchev–Trinajstić information content (AvgIpc) is 2.67. The molecule has 1 aliphatic carbocycles. The number of nitrogens with zero attached hydrogens (tertiary/aromatic N) is 3. The number of hydrogen-bond acceptors (Lipinski definition) is 4. The molecule has 1 aliphatic rings. The Morgan fingerprint density at radius 2 is 2.38 bits per heavy atom. The molecule has 0 radical (unpaired) electrons. The molecule has 1 aromatic heterocycles. The van der Waals surface area contributed by atoms with Crippen molar-refractivity contribution in [2.75, 3.05) is 13.1 Å². The Hall–Kier alpha value is -0.940. The molecular weight excluding hydrogens is 202 g/mol. The molecule has 16 heavy (non-hydrogen) atoms. The zero-order chi connectivity index (χ0) is 11.6. The van der Waals surface area contributed by atoms with Gasteiger partial charge >= 0.3 is 0 Å². The monoisotopic (exact) mass is 223 g/mol. The van der Waals surface area contributed by atoms with Crippen LogP contribution in [0.25, 0.3) is 0 Å². The van der Waals surface area contributed by atoms with E-state index in [2.05, 4.69) is 29.5 Å². The zero-order valence-corrected chi connectivity index (χ0v) is 10.1. The second-order valence-corrected chi connectivity index (χ2v) is 5.27. The number of nitrogens with one attached hydrogen (secondary N) is 1. The highest BCUT2D eigenvalue weighted by molar-refractivity contribution is 4.96. The van der Waals surface area contributed by atoms with E-state index in [1.807, 2.05) is 10.9 Å². The van der Waals surface area contributed by atoms with Gasteiger partial charge in [-0.2, -0.15) is 0 Å². The van der Waals surface area contributed by atoms with Gasteiger partial charge in [0.2, 0.25) is 0 Å². The minimum absolute atomic E-state index is 0.462. The highest BCUT2D eigenvalue weighted by Crippen LogP contribution is 2.50. The van der Waals surface area contributed by atoms with Gasteiger partial charge in [-0.15, -0.1) is 5.10 Å². The van der Waals surface area contributed by atoms with E-state index < -0.39 is 0 Å². The molecular formula is C11H21N5. The molecule has 0 amide bonds. The van der Waals surface area contributed by atoms with Crippen molar-refractivity contribution in [1.29, 1.82) is 0 Å². The van der Waals surface area contributed by atoms with Crippen molar-refractivity contribution >= 4 is 0 Å². The summed E-state index contributed by atoms with van der Waals surface area (Å²) in [6.07, 6.45) is 3.25. The molecule has 1 saturated carbocycles. The summed E-state index contributed by atoms with van der Waals surface area (Å²) in [6.45, 7) is 8.03. The van der Waals surface area contributed by atoms with Crippen LogP contribution in [0, 0.1) is 11.3 Å². The third-order valence-corrected chi connectivity index (χ3v) is 3.42. The molecule has 90 valence electrons. The molecule has 0 aliphatic heterocycles. The molecule has 0 spiro atoms. The lowest BCUT2D eigenvalue weighted by molar-refractivity contribution is 0.490. The minimum Gasteiger partial charge on any atom is -0.325 e. The van der Waals surface area contributed by atoms with E-state index in [0.717, 1.165) is 31.2 Å². The topological polar surface area (TPSA) is 68.8 Å². The van der Waals surface area contributed by atoms with E-state index in [0.29, 0.717) is 12.0 Å². The first kappa shape index (κ1) is 11.5. The number of nitrogens with two attached hydrogens (primary N) is 1. The van der Waals surface area contributed by atoms with Crippen LogP contribution in [0.5, 0.6) is 0 Å². The number of rotatable bonds is 6. The van der Waals surface area contributed by atoms with Crippen LogP contribution < -0.4 is 11.1 Å². The normalized spacial score (nSPS) is 22.3. The fourth-order valence-electron chi connectivity index (χ4n) is 1.94. The van der Waals surface area contributed by atoms with Crippen LogP contribution in [0.2, 0.25) is 0 Å². The maximum Gasteiger partial charge on any atom is 0.0962 e. The van der Waals surface area contributed by atoms with Crippen molar-refractivity contribution in [1.82, 2.24) is 20.3 Å². The van der Waals surface area contributed by atoms with Gasteiger partial charge in [-0.05, 0) is 24.3 Å². The molecule has 1 unspecified atom stereocenters. The third kappa shape index (κ3) is 2.80. The van der Waals surface area contributed by atoms with Crippen molar-refractivity contribution in [2.24, 2.45) is 17.1 Å². The van der Waals surface area contributed by atoms with Gasteiger partial charge in [-0.3, -0.25) is 4.68 Å². The summed E-state index contributed by atoms with van der Waals surface area (Å²) in [5.74, 6) is 0.850. The highest BCUT2D eigenvalue weighted by atomic mass is 15.4. The van der Waals surface area contributed by atoms with Crippen molar-refractivity contribution in [3.8, 4) is 0 Å². The highest BCUT2D eigenvalue weighted by Gasteiger charge is 2.44. The fraction of sp³-hybridized carbons (Fsp3) is 0.818. The smallest absolute Gasteiger partial charge is 0.0962 e. The standard InChI is InChI=1S/C11H21N5/c1-11(2)5-9(11)7-13-3-4-16-8-10(6-12)14-15-16/h8-9,13H,3-7,12H2,1-2H3. The van der Waals surface area contributed by atoms with Crippen molar-refractivity contribution in [2.45, 2.75) is 33.4 Å². The first-order valence-corrected chi connectivity index (χ1v) is 5.91.